The van der Waals surface area contributed by atoms with Gasteiger partial charge in [0.1, 0.15) is 17.3 Å². The van der Waals surface area contributed by atoms with Gasteiger partial charge < -0.3 is 24.8 Å². The predicted molar refractivity (Wildman–Crippen MR) is 110 cm³/mol. The van der Waals surface area contributed by atoms with Crippen molar-refractivity contribution in [2.24, 2.45) is 11.8 Å². The summed E-state index contributed by atoms with van der Waals surface area (Å²) in [4.78, 5) is 22.7. The van der Waals surface area contributed by atoms with Crippen LogP contribution in [0, 0.1) is 11.8 Å². The first kappa shape index (κ1) is 23.4. The molecule has 0 radical (unpaired) electrons. The van der Waals surface area contributed by atoms with Gasteiger partial charge >= 0.3 is 5.97 Å². The van der Waals surface area contributed by atoms with Gasteiger partial charge in [0.15, 0.2) is 0 Å². The van der Waals surface area contributed by atoms with Crippen molar-refractivity contribution in [3.05, 3.63) is 54.3 Å². The summed E-state index contributed by atoms with van der Waals surface area (Å²) in [6.07, 6.45) is 9.02. The number of methoxy groups -OCH3 is 1. The van der Waals surface area contributed by atoms with Crippen LogP contribution in [-0.4, -0.2) is 46.6 Å². The minimum atomic E-state index is -2.80. The quantitative estimate of drug-likeness (QED) is 0.220. The zero-order valence-corrected chi connectivity index (χ0v) is 17.0. The Labute approximate surface area is 175 Å². The average Bonchev–Trinajstić information content (AvgIpc) is 3.07. The van der Waals surface area contributed by atoms with Gasteiger partial charge in [-0.2, -0.15) is 0 Å². The second kappa shape index (κ2) is 11.4. The van der Waals surface area contributed by atoms with E-state index in [0.29, 0.717) is 19.4 Å². The SMILES string of the molecule is COc1ccc(OCC/C=C/[C@H]2CCC(=O)[C@@H]2CC=C=CCC(O)(O)C(=O)O)cc1. The lowest BCUT2D eigenvalue weighted by Gasteiger charge is -2.13. The van der Waals surface area contributed by atoms with E-state index in [4.69, 9.17) is 14.6 Å². The van der Waals surface area contributed by atoms with Crippen LogP contribution in [0.5, 0.6) is 11.5 Å². The summed E-state index contributed by atoms with van der Waals surface area (Å²) >= 11 is 0. The number of aliphatic carboxylic acids is 1. The van der Waals surface area contributed by atoms with Gasteiger partial charge in [0.2, 0.25) is 0 Å². The summed E-state index contributed by atoms with van der Waals surface area (Å²) in [5.41, 5.74) is 2.73. The number of allylic oxidation sites excluding steroid dienone is 1. The molecule has 0 bridgehead atoms. The van der Waals surface area contributed by atoms with Crippen molar-refractivity contribution in [3.63, 3.8) is 0 Å². The lowest BCUT2D eigenvalue weighted by Crippen LogP contribution is -2.37. The fourth-order valence-electron chi connectivity index (χ4n) is 3.23. The van der Waals surface area contributed by atoms with Crippen LogP contribution in [0.25, 0.3) is 0 Å². The summed E-state index contributed by atoms with van der Waals surface area (Å²) in [5, 5.41) is 27.1. The molecule has 7 heteroatoms. The third kappa shape index (κ3) is 7.19. The number of carbonyl (C=O) groups is 2. The fourth-order valence-corrected chi connectivity index (χ4v) is 3.23. The second-order valence-corrected chi connectivity index (χ2v) is 7.15. The van der Waals surface area contributed by atoms with E-state index >= 15 is 0 Å². The Morgan fingerprint density at radius 2 is 1.93 bits per heavy atom. The van der Waals surface area contributed by atoms with E-state index in [-0.39, 0.29) is 17.6 Å². The van der Waals surface area contributed by atoms with Gasteiger partial charge in [-0.05, 0) is 61.6 Å². The van der Waals surface area contributed by atoms with Crippen molar-refractivity contribution in [1.82, 2.24) is 0 Å². The zero-order valence-electron chi connectivity index (χ0n) is 17.0. The maximum atomic E-state index is 12.1. The molecule has 2 rings (SSSR count). The Kier molecular flexibility index (Phi) is 8.87. The van der Waals surface area contributed by atoms with Gasteiger partial charge in [0.05, 0.1) is 13.7 Å². The third-order valence-corrected chi connectivity index (χ3v) is 4.99. The van der Waals surface area contributed by atoms with E-state index in [1.54, 1.807) is 13.2 Å². The number of ether oxygens (including phenoxy) is 2. The molecule has 1 aliphatic rings. The predicted octanol–water partition coefficient (Wildman–Crippen LogP) is 2.87. The van der Waals surface area contributed by atoms with Crippen LogP contribution in [0.1, 0.15) is 32.1 Å². The first-order valence-electron chi connectivity index (χ1n) is 9.87. The van der Waals surface area contributed by atoms with Gasteiger partial charge in [-0.15, -0.1) is 5.73 Å². The zero-order chi connectivity index (χ0) is 22.0. The molecule has 1 aromatic carbocycles. The van der Waals surface area contributed by atoms with Gasteiger partial charge in [-0.3, -0.25) is 4.79 Å². The average molecular weight is 416 g/mol. The summed E-state index contributed by atoms with van der Waals surface area (Å²) in [7, 11) is 1.61. The molecule has 0 aromatic heterocycles. The molecule has 2 atom stereocenters. The lowest BCUT2D eigenvalue weighted by molar-refractivity contribution is -0.201. The summed E-state index contributed by atoms with van der Waals surface area (Å²) in [6, 6.07) is 7.37. The van der Waals surface area contributed by atoms with Crippen molar-refractivity contribution < 1.29 is 34.4 Å². The molecule has 0 saturated heterocycles. The highest BCUT2D eigenvalue weighted by molar-refractivity contribution is 5.83. The lowest BCUT2D eigenvalue weighted by atomic mass is 9.91. The number of carboxylic acids is 1. The standard InChI is InChI=1S/C23H28O7/c1-29-18-10-12-19(13-11-18)30-16-6-4-7-17-9-14-21(24)20(17)8-3-2-5-15-23(27,28)22(25)26/h3-5,7,10-13,17,20,27-28H,6,8-9,14-16H2,1H3,(H,25,26)/b7-4+/t2?,17-,20+/m0/s1. The first-order valence-corrected chi connectivity index (χ1v) is 9.87. The van der Waals surface area contributed by atoms with Crippen LogP contribution in [0.2, 0.25) is 0 Å². The molecule has 0 spiro atoms. The molecule has 3 N–H and O–H groups in total. The molecule has 0 amide bonds. The van der Waals surface area contributed by atoms with E-state index < -0.39 is 18.2 Å². The number of Topliss-reactive ketones (excluding diaryl/α,β-unsaturated/α-hetero) is 1. The highest BCUT2D eigenvalue weighted by Crippen LogP contribution is 2.32. The normalized spacial score (nSPS) is 18.8. The number of aliphatic hydroxyl groups is 2. The highest BCUT2D eigenvalue weighted by atomic mass is 16.5. The van der Waals surface area contributed by atoms with Crippen molar-refractivity contribution >= 4 is 11.8 Å². The largest absolute Gasteiger partial charge is 0.497 e. The maximum absolute atomic E-state index is 12.1. The Bertz CT molecular complexity index is 801. The molecule has 1 saturated carbocycles. The highest BCUT2D eigenvalue weighted by Gasteiger charge is 2.32. The molecule has 1 aliphatic carbocycles. The number of carboxylic acid groups (broad SMARTS) is 1. The smallest absolute Gasteiger partial charge is 0.364 e. The molecule has 1 fully saturated rings. The Morgan fingerprint density at radius 1 is 1.23 bits per heavy atom. The molecule has 0 unspecified atom stereocenters. The van der Waals surface area contributed by atoms with Gasteiger partial charge in [-0.25, -0.2) is 4.79 Å². The van der Waals surface area contributed by atoms with Gasteiger partial charge in [0.25, 0.3) is 5.79 Å². The molecule has 0 aliphatic heterocycles. The van der Waals surface area contributed by atoms with Crippen molar-refractivity contribution in [1.29, 1.82) is 0 Å². The van der Waals surface area contributed by atoms with Gasteiger partial charge in [0, 0.05) is 18.8 Å². The summed E-state index contributed by atoms with van der Waals surface area (Å²) in [5.74, 6) is -2.77. The van der Waals surface area contributed by atoms with E-state index in [0.717, 1.165) is 24.3 Å². The maximum Gasteiger partial charge on any atom is 0.364 e. The van der Waals surface area contributed by atoms with Crippen LogP contribution in [0.15, 0.2) is 54.3 Å². The number of rotatable bonds is 11. The summed E-state index contributed by atoms with van der Waals surface area (Å²) in [6.45, 7) is 0.532. The molecule has 7 nitrogen and oxygen atoms in total. The molecule has 162 valence electrons. The van der Waals surface area contributed by atoms with E-state index in [2.05, 4.69) is 11.8 Å². The molecule has 30 heavy (non-hydrogen) atoms. The minimum Gasteiger partial charge on any atom is -0.497 e. The molecular formula is C23H28O7. The van der Waals surface area contributed by atoms with Crippen LogP contribution < -0.4 is 9.47 Å². The second-order valence-electron chi connectivity index (χ2n) is 7.15. The first-order chi connectivity index (χ1) is 14.3. The Morgan fingerprint density at radius 3 is 2.60 bits per heavy atom. The van der Waals surface area contributed by atoms with Crippen LogP contribution in [-0.2, 0) is 9.59 Å². The van der Waals surface area contributed by atoms with E-state index in [9.17, 15) is 19.8 Å². The third-order valence-electron chi connectivity index (χ3n) is 4.99. The number of hydrogen-bond acceptors (Lipinski definition) is 6. The summed E-state index contributed by atoms with van der Waals surface area (Å²) < 4.78 is 10.8. The fraction of sp³-hybridized carbons (Fsp3) is 0.435. The van der Waals surface area contributed by atoms with E-state index in [1.165, 1.54) is 6.08 Å². The molecule has 0 heterocycles. The number of ketones is 1. The van der Waals surface area contributed by atoms with Crippen molar-refractivity contribution in [3.8, 4) is 11.5 Å². The Hall–Kier alpha value is -2.86. The van der Waals surface area contributed by atoms with Crippen LogP contribution in [0.4, 0.5) is 0 Å². The van der Waals surface area contributed by atoms with Gasteiger partial charge in [-0.1, -0.05) is 12.2 Å². The monoisotopic (exact) mass is 416 g/mol. The minimum absolute atomic E-state index is 0.142. The molecular weight excluding hydrogens is 388 g/mol. The van der Waals surface area contributed by atoms with E-state index in [1.807, 2.05) is 30.3 Å². The van der Waals surface area contributed by atoms with Crippen molar-refractivity contribution in [2.45, 2.75) is 37.9 Å². The van der Waals surface area contributed by atoms with Crippen molar-refractivity contribution in [2.75, 3.05) is 13.7 Å². The Balaban J connectivity index is 1.78. The number of benzene rings is 1. The van der Waals surface area contributed by atoms with Crippen LogP contribution >= 0.6 is 0 Å². The number of carbonyl (C=O) groups excluding carboxylic acids is 1. The topological polar surface area (TPSA) is 113 Å². The molecule has 1 aromatic rings. The van der Waals surface area contributed by atoms with Crippen LogP contribution in [0.3, 0.4) is 0 Å². The number of hydrogen-bond donors (Lipinski definition) is 3.